The Morgan fingerprint density at radius 3 is 1.94 bits per heavy atom. The molecule has 0 unspecified atom stereocenters. The summed E-state index contributed by atoms with van der Waals surface area (Å²) in [5.74, 6) is 0.286. The number of hydrogen-bond acceptors (Lipinski definition) is 1. The highest BCUT2D eigenvalue weighted by Gasteiger charge is 1.95. The van der Waals surface area contributed by atoms with Gasteiger partial charge in [-0.05, 0) is 46.0 Å². The van der Waals surface area contributed by atoms with Crippen LogP contribution in [0.2, 0.25) is 0 Å². The number of rotatable bonds is 8. The zero-order valence-electron chi connectivity index (χ0n) is 12.7. The quantitative estimate of drug-likeness (QED) is 0.510. The summed E-state index contributed by atoms with van der Waals surface area (Å²) in [5.41, 5.74) is 2.96. The minimum atomic E-state index is 0.286. The molecule has 0 saturated heterocycles. The van der Waals surface area contributed by atoms with E-state index in [0.717, 1.165) is 32.1 Å². The van der Waals surface area contributed by atoms with Crippen molar-refractivity contribution in [1.82, 2.24) is 0 Å². The fourth-order valence-corrected chi connectivity index (χ4v) is 1.55. The smallest absolute Gasteiger partial charge is 0.130 e. The van der Waals surface area contributed by atoms with Gasteiger partial charge in [0.1, 0.15) is 5.78 Å². The zero-order chi connectivity index (χ0) is 14.4. The van der Waals surface area contributed by atoms with E-state index in [1.807, 2.05) is 0 Å². The van der Waals surface area contributed by atoms with Crippen LogP contribution in [0.15, 0.2) is 36.5 Å². The maximum Gasteiger partial charge on any atom is 0.130 e. The number of carbonyl (C=O) groups is 1. The molecular formula is C17H30O. The van der Waals surface area contributed by atoms with Gasteiger partial charge in [0.25, 0.3) is 0 Å². The molecule has 0 N–H and O–H groups in total. The fourth-order valence-electron chi connectivity index (χ4n) is 1.55. The minimum absolute atomic E-state index is 0.286. The topological polar surface area (TPSA) is 17.1 Å². The van der Waals surface area contributed by atoms with Gasteiger partial charge in [-0.1, -0.05) is 37.1 Å². The van der Waals surface area contributed by atoms with E-state index in [1.165, 1.54) is 11.1 Å². The lowest BCUT2D eigenvalue weighted by Gasteiger charge is -2.03. The lowest BCUT2D eigenvalue weighted by molar-refractivity contribution is -0.116. The van der Waals surface area contributed by atoms with Crippen LogP contribution in [0.4, 0.5) is 0 Å². The average molecular weight is 250 g/mol. The summed E-state index contributed by atoms with van der Waals surface area (Å²) in [7, 11) is 0. The first-order valence-corrected chi connectivity index (χ1v) is 6.93. The summed E-state index contributed by atoms with van der Waals surface area (Å²) in [4.78, 5) is 10.8. The van der Waals surface area contributed by atoms with Gasteiger partial charge in [-0.15, -0.1) is 13.2 Å². The number of Topliss-reactive ketones (excluding diaryl/α,β-unsaturated/α-hetero) is 1. The maximum absolute atomic E-state index is 10.8. The van der Waals surface area contributed by atoms with Crippen molar-refractivity contribution in [2.45, 2.75) is 66.2 Å². The molecule has 0 aromatic heterocycles. The number of carbonyl (C=O) groups excluding carboxylic acids is 1. The average Bonchev–Trinajstić information content (AvgIpc) is 2.38. The van der Waals surface area contributed by atoms with Gasteiger partial charge in [-0.2, -0.15) is 0 Å². The van der Waals surface area contributed by atoms with Gasteiger partial charge in [0.15, 0.2) is 0 Å². The van der Waals surface area contributed by atoms with Crippen LogP contribution in [0.3, 0.4) is 0 Å². The molecule has 0 aromatic carbocycles. The van der Waals surface area contributed by atoms with E-state index in [1.54, 1.807) is 6.92 Å². The Hall–Kier alpha value is -1.11. The van der Waals surface area contributed by atoms with Crippen LogP contribution in [0.5, 0.6) is 0 Å². The lowest BCUT2D eigenvalue weighted by Crippen LogP contribution is -1.89. The first kappa shape index (κ1) is 19.2. The summed E-state index contributed by atoms with van der Waals surface area (Å²) < 4.78 is 0. The zero-order valence-corrected chi connectivity index (χ0v) is 12.7. The van der Waals surface area contributed by atoms with E-state index < -0.39 is 0 Å². The highest BCUT2D eigenvalue weighted by molar-refractivity contribution is 5.75. The highest BCUT2D eigenvalue weighted by Crippen LogP contribution is 2.13. The molecule has 0 rings (SSSR count). The van der Waals surface area contributed by atoms with Crippen LogP contribution < -0.4 is 0 Å². The predicted octanol–water partition coefficient (Wildman–Crippen LogP) is 5.63. The van der Waals surface area contributed by atoms with Gasteiger partial charge in [0.05, 0.1) is 0 Å². The van der Waals surface area contributed by atoms with Crippen molar-refractivity contribution in [2.75, 3.05) is 0 Å². The second kappa shape index (κ2) is 14.0. The van der Waals surface area contributed by atoms with Crippen molar-refractivity contribution in [1.29, 1.82) is 0 Å². The number of hydrogen-bond donors (Lipinski definition) is 0. The van der Waals surface area contributed by atoms with Gasteiger partial charge >= 0.3 is 0 Å². The maximum atomic E-state index is 10.8. The molecule has 0 aliphatic carbocycles. The molecule has 1 nitrogen and oxygen atoms in total. The molecule has 0 aliphatic rings. The molecule has 0 heterocycles. The summed E-state index contributed by atoms with van der Waals surface area (Å²) in [5, 5.41) is 0. The van der Waals surface area contributed by atoms with Gasteiger partial charge in [0, 0.05) is 6.42 Å². The molecule has 0 spiro atoms. The fraction of sp³-hybridized carbons (Fsp3) is 0.588. The van der Waals surface area contributed by atoms with Crippen molar-refractivity contribution in [3.63, 3.8) is 0 Å². The van der Waals surface area contributed by atoms with E-state index >= 15 is 0 Å². The molecular weight excluding hydrogens is 220 g/mol. The number of ketones is 1. The van der Waals surface area contributed by atoms with Crippen LogP contribution in [-0.4, -0.2) is 5.78 Å². The number of allylic oxidation sites excluding steroid dienone is 4. The Labute approximate surface area is 114 Å². The van der Waals surface area contributed by atoms with Crippen LogP contribution in [0.25, 0.3) is 0 Å². The van der Waals surface area contributed by atoms with E-state index in [2.05, 4.69) is 46.1 Å². The van der Waals surface area contributed by atoms with Crippen molar-refractivity contribution in [3.8, 4) is 0 Å². The molecule has 0 bridgehead atoms. The molecule has 0 fully saturated rings. The SMILES string of the molecule is C=C.CCC(C)=CCCC(=CCCC(C)=O)CC. The molecule has 0 aromatic rings. The van der Waals surface area contributed by atoms with Crippen molar-refractivity contribution in [3.05, 3.63) is 36.5 Å². The standard InChI is InChI=1S/C15H26O.C2H4/c1-5-13(3)9-7-11-15(6-2)12-8-10-14(4)16;1-2/h9,12H,5-8,10-11H2,1-4H3;1-2H2. The Morgan fingerprint density at radius 2 is 1.50 bits per heavy atom. The third-order valence-electron chi connectivity index (χ3n) is 2.90. The summed E-state index contributed by atoms with van der Waals surface area (Å²) in [6, 6.07) is 0. The monoisotopic (exact) mass is 250 g/mol. The van der Waals surface area contributed by atoms with Crippen LogP contribution in [-0.2, 0) is 4.79 Å². The third kappa shape index (κ3) is 13.0. The summed E-state index contributed by atoms with van der Waals surface area (Å²) in [6.07, 6.45) is 10.7. The van der Waals surface area contributed by atoms with E-state index in [0.29, 0.717) is 6.42 Å². The highest BCUT2D eigenvalue weighted by atomic mass is 16.1. The predicted molar refractivity (Wildman–Crippen MR) is 82.8 cm³/mol. The second-order valence-electron chi connectivity index (χ2n) is 4.40. The molecule has 18 heavy (non-hydrogen) atoms. The van der Waals surface area contributed by atoms with Gasteiger partial charge in [0.2, 0.25) is 0 Å². The summed E-state index contributed by atoms with van der Waals surface area (Å²) >= 11 is 0. The first-order valence-electron chi connectivity index (χ1n) is 6.93. The lowest BCUT2D eigenvalue weighted by atomic mass is 10.0. The molecule has 1 heteroatoms. The molecule has 0 atom stereocenters. The van der Waals surface area contributed by atoms with Crippen LogP contribution in [0.1, 0.15) is 66.2 Å². The molecule has 0 radical (unpaired) electrons. The first-order chi connectivity index (χ1) is 8.60. The van der Waals surface area contributed by atoms with Crippen LogP contribution in [0, 0.1) is 0 Å². The van der Waals surface area contributed by atoms with Crippen molar-refractivity contribution >= 4 is 5.78 Å². The van der Waals surface area contributed by atoms with Crippen LogP contribution >= 0.6 is 0 Å². The van der Waals surface area contributed by atoms with E-state index in [9.17, 15) is 4.79 Å². The Balaban J connectivity index is 0. The van der Waals surface area contributed by atoms with Gasteiger partial charge in [-0.25, -0.2) is 0 Å². The van der Waals surface area contributed by atoms with Gasteiger partial charge < -0.3 is 4.79 Å². The second-order valence-corrected chi connectivity index (χ2v) is 4.40. The molecule has 0 aliphatic heterocycles. The summed E-state index contributed by atoms with van der Waals surface area (Å²) in [6.45, 7) is 14.2. The van der Waals surface area contributed by atoms with E-state index in [-0.39, 0.29) is 5.78 Å². The minimum Gasteiger partial charge on any atom is -0.300 e. The Bertz CT molecular complexity index is 271. The molecule has 104 valence electrons. The normalized spacial score (nSPS) is 11.8. The molecule has 0 amide bonds. The largest absolute Gasteiger partial charge is 0.300 e. The van der Waals surface area contributed by atoms with Crippen molar-refractivity contribution in [2.24, 2.45) is 0 Å². The van der Waals surface area contributed by atoms with Crippen molar-refractivity contribution < 1.29 is 4.79 Å². The van der Waals surface area contributed by atoms with E-state index in [4.69, 9.17) is 0 Å². The Morgan fingerprint density at radius 1 is 0.944 bits per heavy atom. The third-order valence-corrected chi connectivity index (χ3v) is 2.90. The molecule has 0 saturated carbocycles. The Kier molecular flexibility index (Phi) is 14.9. The van der Waals surface area contributed by atoms with Gasteiger partial charge in [-0.3, -0.25) is 0 Å².